The van der Waals surface area contributed by atoms with E-state index in [1.807, 2.05) is 0 Å². The fourth-order valence-electron chi connectivity index (χ4n) is 5.57. The van der Waals surface area contributed by atoms with Gasteiger partial charge in [0.1, 0.15) is 0 Å². The van der Waals surface area contributed by atoms with Gasteiger partial charge < -0.3 is 0 Å². The summed E-state index contributed by atoms with van der Waals surface area (Å²) < 4.78 is 9.68. The van der Waals surface area contributed by atoms with Crippen molar-refractivity contribution in [2.45, 2.75) is 65.2 Å². The molecule has 37 heavy (non-hydrogen) atoms. The van der Waals surface area contributed by atoms with Crippen LogP contribution in [0.1, 0.15) is 70.2 Å². The summed E-state index contributed by atoms with van der Waals surface area (Å²) in [4.78, 5) is 0. The third kappa shape index (κ3) is 5.45. The van der Waals surface area contributed by atoms with Gasteiger partial charge in [-0.1, -0.05) is 0 Å². The first kappa shape index (κ1) is 30.3. The van der Waals surface area contributed by atoms with E-state index in [0.717, 1.165) is 17.9 Å². The molecule has 1 unspecified atom stereocenters. The summed E-state index contributed by atoms with van der Waals surface area (Å²) in [7, 11) is 0. The summed E-state index contributed by atoms with van der Waals surface area (Å²) in [5.41, 5.74) is 8.80. The summed E-state index contributed by atoms with van der Waals surface area (Å²) >= 11 is 2.86. The van der Waals surface area contributed by atoms with E-state index in [1.54, 1.807) is 3.28 Å². The van der Waals surface area contributed by atoms with E-state index in [4.69, 9.17) is 15.8 Å². The molecule has 0 fully saturated rings. The van der Waals surface area contributed by atoms with E-state index in [1.165, 1.54) is 39.9 Å². The zero-order valence-electron chi connectivity index (χ0n) is 22.7. The Bertz CT molecular complexity index is 1430. The number of hydrogen-bond acceptors (Lipinski definition) is 0. The van der Waals surface area contributed by atoms with Crippen LogP contribution in [0.5, 0.6) is 0 Å². The monoisotopic (exact) mass is 629 g/mol. The van der Waals surface area contributed by atoms with Gasteiger partial charge in [0.05, 0.1) is 0 Å². The van der Waals surface area contributed by atoms with Gasteiger partial charge in [0.2, 0.25) is 0 Å². The number of benzene rings is 3. The van der Waals surface area contributed by atoms with Gasteiger partial charge in [-0.2, -0.15) is 0 Å². The normalized spacial score (nSPS) is 15.7. The van der Waals surface area contributed by atoms with Crippen molar-refractivity contribution < 1.29 is 19.8 Å². The number of halogens is 3. The van der Waals surface area contributed by atoms with Gasteiger partial charge in [0.15, 0.2) is 0 Å². The fourth-order valence-corrected chi connectivity index (χ4v) is 14.9. The molecule has 0 aromatic heterocycles. The molecule has 3 aromatic carbocycles. The Balaban J connectivity index is 0.00000190. The van der Waals surface area contributed by atoms with Gasteiger partial charge in [0, 0.05) is 0 Å². The molecule has 0 radical (unpaired) electrons. The van der Waals surface area contributed by atoms with Gasteiger partial charge >= 0.3 is 222 Å². The summed E-state index contributed by atoms with van der Waals surface area (Å²) in [5, 5.41) is 0.789. The van der Waals surface area contributed by atoms with Crippen molar-refractivity contribution in [1.82, 2.24) is 0 Å². The standard InChI is InChI=1S/C21H25.C6H4Cl.C5H5.CH2.2ClH.Zr/c1-20(2,3)16-9-7-14-11-15-8-10-17(21(4,5)6)13-19(15)18(14)12-16;7-6-4-2-1-3-5-6;1-2-4-5-3-1;;;;/h7,9-10,12-13H,11H2,1-6H3;2-5H;1-3H,4H2;1H2;2*1H;. The van der Waals surface area contributed by atoms with E-state index < -0.39 is 19.8 Å². The summed E-state index contributed by atoms with van der Waals surface area (Å²) in [6.45, 7) is 13.9. The Hall–Kier alpha value is -1.24. The SMILES string of the molecule is Cl.Cl.[CH2]=[Zr]([C]1=CC=CC1)([c]1ccc(Cl)cc1)[c]1cc(C(C)(C)C)cc2c1Cc1ccc(C(C)(C)C)cc1-2. The average Bonchev–Trinajstić information content (AvgIpc) is 3.45. The van der Waals surface area contributed by atoms with Crippen molar-refractivity contribution in [2.75, 3.05) is 0 Å². The summed E-state index contributed by atoms with van der Waals surface area (Å²) in [5.74, 6) is 0. The molecule has 0 saturated carbocycles. The van der Waals surface area contributed by atoms with Crippen molar-refractivity contribution in [3.63, 3.8) is 0 Å². The maximum absolute atomic E-state index is 6.33. The van der Waals surface area contributed by atoms with Crippen LogP contribution in [0.25, 0.3) is 11.1 Å². The first-order chi connectivity index (χ1) is 16.4. The second-order valence-corrected chi connectivity index (χ2v) is 21.5. The Morgan fingerprint density at radius 3 is 1.97 bits per heavy atom. The van der Waals surface area contributed by atoms with Crippen molar-refractivity contribution in [3.8, 4) is 11.1 Å². The molecule has 0 aliphatic heterocycles. The predicted octanol–water partition coefficient (Wildman–Crippen LogP) is 8.73. The molecule has 0 heterocycles. The van der Waals surface area contributed by atoms with Crippen LogP contribution >= 0.6 is 36.4 Å². The molecule has 0 bridgehead atoms. The predicted molar refractivity (Wildman–Crippen MR) is 166 cm³/mol. The third-order valence-corrected chi connectivity index (χ3v) is 18.3. The van der Waals surface area contributed by atoms with Gasteiger partial charge in [-0.3, -0.25) is 0 Å². The molecule has 0 N–H and O–H groups in total. The molecule has 2 aliphatic carbocycles. The van der Waals surface area contributed by atoms with Crippen LogP contribution in [0.4, 0.5) is 0 Å². The average molecular weight is 632 g/mol. The Morgan fingerprint density at radius 2 is 1.41 bits per heavy atom. The Labute approximate surface area is 244 Å². The van der Waals surface area contributed by atoms with E-state index in [9.17, 15) is 0 Å². The third-order valence-electron chi connectivity index (χ3n) is 7.87. The number of allylic oxidation sites excluding steroid dienone is 4. The number of rotatable bonds is 3. The molecule has 0 spiro atoms. The van der Waals surface area contributed by atoms with Gasteiger partial charge in [0.25, 0.3) is 0 Å². The molecule has 2 aliphatic rings. The van der Waals surface area contributed by atoms with E-state index in [2.05, 4.69) is 114 Å². The summed E-state index contributed by atoms with van der Waals surface area (Å²) in [6.07, 6.45) is 8.88. The van der Waals surface area contributed by atoms with Crippen molar-refractivity contribution in [2.24, 2.45) is 0 Å². The van der Waals surface area contributed by atoms with Crippen molar-refractivity contribution >= 4 is 47.2 Å². The molecule has 0 amide bonds. The van der Waals surface area contributed by atoms with Crippen LogP contribution in [0.2, 0.25) is 5.02 Å². The van der Waals surface area contributed by atoms with E-state index in [0.29, 0.717) is 0 Å². The molecule has 1 atom stereocenters. The van der Waals surface area contributed by atoms with Gasteiger partial charge in [-0.15, -0.1) is 24.8 Å². The number of hydrogen-bond donors (Lipinski definition) is 0. The minimum absolute atomic E-state index is 0. The van der Waals surface area contributed by atoms with Gasteiger partial charge in [-0.05, 0) is 0 Å². The Morgan fingerprint density at radius 1 is 0.784 bits per heavy atom. The second kappa shape index (κ2) is 10.7. The topological polar surface area (TPSA) is 0 Å². The van der Waals surface area contributed by atoms with E-state index in [-0.39, 0.29) is 35.6 Å². The maximum atomic E-state index is 6.33. The molecular formula is C33H38Cl3Zr. The molecule has 0 saturated heterocycles. The Kier molecular flexibility index (Phi) is 8.79. The quantitative estimate of drug-likeness (QED) is 0.212. The second-order valence-electron chi connectivity index (χ2n) is 12.3. The minimum atomic E-state index is -3.47. The summed E-state index contributed by atoms with van der Waals surface area (Å²) in [6, 6.07) is 20.8. The number of fused-ring (bicyclic) bond motifs is 3. The first-order valence-corrected chi connectivity index (χ1v) is 18.5. The molecule has 5 rings (SSSR count). The van der Waals surface area contributed by atoms with Crippen LogP contribution in [0, 0.1) is 0 Å². The zero-order chi connectivity index (χ0) is 25.2. The van der Waals surface area contributed by atoms with E-state index >= 15 is 0 Å². The van der Waals surface area contributed by atoms with Crippen LogP contribution in [0.15, 0.2) is 76.1 Å². The first-order valence-electron chi connectivity index (χ1n) is 12.7. The van der Waals surface area contributed by atoms with Crippen LogP contribution < -0.4 is 6.54 Å². The zero-order valence-corrected chi connectivity index (χ0v) is 27.6. The molecule has 0 nitrogen and oxygen atoms in total. The van der Waals surface area contributed by atoms with Crippen molar-refractivity contribution in [3.05, 3.63) is 103 Å². The molecule has 4 heteroatoms. The van der Waals surface area contributed by atoms with Crippen LogP contribution in [0.3, 0.4) is 0 Å². The van der Waals surface area contributed by atoms with Crippen molar-refractivity contribution in [1.29, 1.82) is 0 Å². The molecular weight excluding hydrogens is 594 g/mol. The van der Waals surface area contributed by atoms with Crippen LogP contribution in [-0.2, 0) is 37.0 Å². The van der Waals surface area contributed by atoms with Gasteiger partial charge in [-0.25, -0.2) is 0 Å². The molecule has 3 aromatic rings. The molecule has 195 valence electrons. The van der Waals surface area contributed by atoms with Crippen LogP contribution in [-0.4, -0.2) is 4.21 Å². The fraction of sp³-hybridized carbons (Fsp3) is 0.303.